The van der Waals surface area contributed by atoms with Gasteiger partial charge in [-0.15, -0.1) is 0 Å². The van der Waals surface area contributed by atoms with Crippen molar-refractivity contribution in [1.82, 2.24) is 9.55 Å². The maximum Gasteiger partial charge on any atom is 0.302 e. The molecule has 1 aliphatic rings. The van der Waals surface area contributed by atoms with E-state index in [9.17, 15) is 9.59 Å². The Labute approximate surface area is 196 Å². The number of aromatic nitrogens is 2. The van der Waals surface area contributed by atoms with Crippen molar-refractivity contribution in [2.45, 2.75) is 38.8 Å². The molecule has 1 unspecified atom stereocenters. The van der Waals surface area contributed by atoms with Gasteiger partial charge in [0.05, 0.1) is 16.8 Å². The highest BCUT2D eigenvalue weighted by atomic mass is 35.5. The van der Waals surface area contributed by atoms with Crippen molar-refractivity contribution in [3.63, 3.8) is 0 Å². The number of carbonyl (C=O) groups excluding carboxylic acids is 1. The van der Waals surface area contributed by atoms with Crippen LogP contribution >= 0.6 is 23.2 Å². The number of hydrogen-bond acceptors (Lipinski definition) is 5. The first-order chi connectivity index (χ1) is 15.3. The minimum atomic E-state index is -0.412. The van der Waals surface area contributed by atoms with E-state index in [1.54, 1.807) is 25.2 Å². The smallest absolute Gasteiger partial charge is 0.302 e. The third kappa shape index (κ3) is 4.12. The van der Waals surface area contributed by atoms with Gasteiger partial charge in [0, 0.05) is 31.0 Å². The van der Waals surface area contributed by atoms with E-state index in [1.807, 2.05) is 31.2 Å². The van der Waals surface area contributed by atoms with Crippen LogP contribution in [0.2, 0.25) is 10.0 Å². The van der Waals surface area contributed by atoms with Crippen LogP contribution in [-0.2, 0) is 29.4 Å². The van der Waals surface area contributed by atoms with Gasteiger partial charge in [-0.05, 0) is 35.7 Å². The molecule has 0 bridgehead atoms. The van der Waals surface area contributed by atoms with Crippen molar-refractivity contribution in [3.8, 4) is 11.4 Å². The van der Waals surface area contributed by atoms with Crippen LogP contribution in [0.3, 0.4) is 0 Å². The Hall–Kier alpha value is -2.83. The molecule has 0 amide bonds. The van der Waals surface area contributed by atoms with E-state index in [-0.39, 0.29) is 17.6 Å². The maximum absolute atomic E-state index is 13.4. The van der Waals surface area contributed by atoms with E-state index in [2.05, 4.69) is 5.32 Å². The molecule has 2 aromatic carbocycles. The summed E-state index contributed by atoms with van der Waals surface area (Å²) in [5.41, 5.74) is 3.49. The van der Waals surface area contributed by atoms with Gasteiger partial charge < -0.3 is 10.1 Å². The van der Waals surface area contributed by atoms with Crippen molar-refractivity contribution in [2.24, 2.45) is 7.05 Å². The molecule has 1 aromatic heterocycles. The largest absolute Gasteiger partial charge is 0.460 e. The summed E-state index contributed by atoms with van der Waals surface area (Å²) >= 11 is 12.4. The zero-order valence-electron chi connectivity index (χ0n) is 18.0. The molecule has 0 saturated heterocycles. The third-order valence-electron chi connectivity index (χ3n) is 5.67. The summed E-state index contributed by atoms with van der Waals surface area (Å²) in [6.45, 7) is 3.33. The van der Waals surface area contributed by atoms with Crippen molar-refractivity contribution in [2.75, 3.05) is 5.32 Å². The van der Waals surface area contributed by atoms with Crippen LogP contribution in [0.1, 0.15) is 36.7 Å². The second kappa shape index (κ2) is 8.96. The number of halogens is 2. The van der Waals surface area contributed by atoms with E-state index in [4.69, 9.17) is 32.9 Å². The van der Waals surface area contributed by atoms with Crippen molar-refractivity contribution in [3.05, 3.63) is 79.7 Å². The third-order valence-corrected chi connectivity index (χ3v) is 6.22. The number of hydrogen-bond donors (Lipinski definition) is 1. The first-order valence-electron chi connectivity index (χ1n) is 10.4. The SMILES string of the molecule is CCc1nc(-c2ccc(Cl)cc2Cl)n(C)c(=O)c1NC1c2ccccc2C[C@@H]1OC(C)=O. The van der Waals surface area contributed by atoms with Gasteiger partial charge in [0.2, 0.25) is 0 Å². The van der Waals surface area contributed by atoms with Crippen LogP contribution in [-0.4, -0.2) is 21.6 Å². The maximum atomic E-state index is 13.4. The molecular weight excluding hydrogens is 449 g/mol. The zero-order valence-corrected chi connectivity index (χ0v) is 19.5. The summed E-state index contributed by atoms with van der Waals surface area (Å²) in [4.78, 5) is 29.9. The minimum Gasteiger partial charge on any atom is -0.460 e. The van der Waals surface area contributed by atoms with Crippen LogP contribution in [0, 0.1) is 0 Å². The molecule has 0 fully saturated rings. The molecule has 1 aliphatic carbocycles. The standard InChI is InChI=1S/C24H23Cl2N3O3/c1-4-19-22(24(31)29(3)23(27-19)17-10-9-15(25)12-18(17)26)28-21-16-8-6-5-7-14(16)11-20(21)32-13(2)30/h5-10,12,20-21,28H,4,11H2,1-3H3/t20-,21?/m0/s1. The number of esters is 1. The zero-order chi connectivity index (χ0) is 23.0. The van der Waals surface area contributed by atoms with Gasteiger partial charge in [-0.1, -0.05) is 54.4 Å². The number of anilines is 1. The molecule has 1 N–H and O–H groups in total. The van der Waals surface area contributed by atoms with E-state index in [1.165, 1.54) is 11.5 Å². The second-order valence-corrected chi connectivity index (χ2v) is 8.62. The average molecular weight is 472 g/mol. The average Bonchev–Trinajstić information content (AvgIpc) is 3.08. The summed E-state index contributed by atoms with van der Waals surface area (Å²) < 4.78 is 7.05. The molecule has 32 heavy (non-hydrogen) atoms. The normalized spacial score (nSPS) is 17.2. The topological polar surface area (TPSA) is 73.2 Å². The number of aryl methyl sites for hydroxylation is 1. The summed E-state index contributed by atoms with van der Waals surface area (Å²) in [5, 5.41) is 4.28. The van der Waals surface area contributed by atoms with Gasteiger partial charge in [0.25, 0.3) is 5.56 Å². The number of nitrogens with zero attached hydrogens (tertiary/aromatic N) is 2. The number of carbonyl (C=O) groups is 1. The Balaban J connectivity index is 1.79. The Kier molecular flexibility index (Phi) is 6.26. The summed E-state index contributed by atoms with van der Waals surface area (Å²) in [5.74, 6) is 0.103. The van der Waals surface area contributed by atoms with E-state index < -0.39 is 6.10 Å². The van der Waals surface area contributed by atoms with Gasteiger partial charge in [-0.2, -0.15) is 0 Å². The van der Waals surface area contributed by atoms with Gasteiger partial charge >= 0.3 is 5.97 Å². The van der Waals surface area contributed by atoms with Gasteiger partial charge in [-0.3, -0.25) is 14.2 Å². The van der Waals surface area contributed by atoms with Crippen molar-refractivity contribution < 1.29 is 9.53 Å². The Morgan fingerprint density at radius 3 is 2.69 bits per heavy atom. The van der Waals surface area contributed by atoms with Gasteiger partial charge in [-0.25, -0.2) is 4.98 Å². The molecule has 0 radical (unpaired) electrons. The fourth-order valence-electron chi connectivity index (χ4n) is 4.17. The molecule has 0 aliphatic heterocycles. The molecule has 2 atom stereocenters. The lowest BCUT2D eigenvalue weighted by Crippen LogP contribution is -2.32. The number of nitrogens with one attached hydrogen (secondary N) is 1. The number of rotatable bonds is 5. The summed E-state index contributed by atoms with van der Waals surface area (Å²) in [7, 11) is 1.66. The van der Waals surface area contributed by atoms with Crippen molar-refractivity contribution >= 4 is 34.9 Å². The van der Waals surface area contributed by atoms with Gasteiger partial charge in [0.15, 0.2) is 0 Å². The fraction of sp³-hybridized carbons (Fsp3) is 0.292. The van der Waals surface area contributed by atoms with Crippen LogP contribution in [0.25, 0.3) is 11.4 Å². The first-order valence-corrected chi connectivity index (χ1v) is 11.1. The molecule has 0 spiro atoms. The first kappa shape index (κ1) is 22.4. The Morgan fingerprint density at radius 1 is 1.25 bits per heavy atom. The van der Waals surface area contributed by atoms with E-state index in [0.717, 1.165) is 11.1 Å². The molecule has 4 rings (SSSR count). The number of fused-ring (bicyclic) bond motifs is 1. The molecule has 1 heterocycles. The quantitative estimate of drug-likeness (QED) is 0.532. The highest BCUT2D eigenvalue weighted by Gasteiger charge is 2.35. The predicted molar refractivity (Wildman–Crippen MR) is 126 cm³/mol. The van der Waals surface area contributed by atoms with E-state index >= 15 is 0 Å². The lowest BCUT2D eigenvalue weighted by Gasteiger charge is -2.24. The Morgan fingerprint density at radius 2 is 2.00 bits per heavy atom. The van der Waals surface area contributed by atoms with Crippen LogP contribution in [0.15, 0.2) is 47.3 Å². The van der Waals surface area contributed by atoms with Crippen LogP contribution in [0.5, 0.6) is 0 Å². The van der Waals surface area contributed by atoms with Crippen LogP contribution < -0.4 is 10.9 Å². The molecule has 6 nitrogen and oxygen atoms in total. The van der Waals surface area contributed by atoms with Crippen LogP contribution in [0.4, 0.5) is 5.69 Å². The summed E-state index contributed by atoms with van der Waals surface area (Å²) in [6, 6.07) is 12.6. The number of ether oxygens (including phenoxy) is 1. The molecule has 0 saturated carbocycles. The van der Waals surface area contributed by atoms with Crippen molar-refractivity contribution in [1.29, 1.82) is 0 Å². The lowest BCUT2D eigenvalue weighted by molar-refractivity contribution is -0.146. The lowest BCUT2D eigenvalue weighted by atomic mass is 10.1. The highest BCUT2D eigenvalue weighted by Crippen LogP contribution is 2.36. The predicted octanol–water partition coefficient (Wildman–Crippen LogP) is 4.96. The summed E-state index contributed by atoms with van der Waals surface area (Å²) in [6.07, 6.45) is 0.703. The molecule has 3 aromatic rings. The fourth-order valence-corrected chi connectivity index (χ4v) is 4.66. The molecule has 8 heteroatoms. The Bertz CT molecular complexity index is 1260. The van der Waals surface area contributed by atoms with Gasteiger partial charge in [0.1, 0.15) is 17.6 Å². The number of benzene rings is 2. The minimum absolute atomic E-state index is 0.233. The highest BCUT2D eigenvalue weighted by molar-refractivity contribution is 6.36. The molecular formula is C24H23Cl2N3O3. The molecule has 166 valence electrons. The second-order valence-electron chi connectivity index (χ2n) is 7.77. The van der Waals surface area contributed by atoms with E-state index in [0.29, 0.717) is 45.7 Å². The monoisotopic (exact) mass is 471 g/mol.